The highest BCUT2D eigenvalue weighted by Gasteiger charge is 2.20. The summed E-state index contributed by atoms with van der Waals surface area (Å²) in [5.41, 5.74) is 2.96. The van der Waals surface area contributed by atoms with Gasteiger partial charge in [-0.3, -0.25) is 4.79 Å². The molecule has 4 aromatic rings. The van der Waals surface area contributed by atoms with Gasteiger partial charge >= 0.3 is 0 Å². The van der Waals surface area contributed by atoms with Crippen LogP contribution >= 0.6 is 34.8 Å². The molecule has 1 N–H and O–H groups in total. The lowest BCUT2D eigenvalue weighted by Crippen LogP contribution is -2.12. The molecule has 0 saturated carbocycles. The number of nitrogens with zero attached hydrogens (tertiary/aromatic N) is 2. The highest BCUT2D eigenvalue weighted by molar-refractivity contribution is 6.36. The molecule has 0 saturated heterocycles. The van der Waals surface area contributed by atoms with Gasteiger partial charge < -0.3 is 5.32 Å². The largest absolute Gasteiger partial charge is 0.320 e. The number of hydrogen-bond acceptors (Lipinski definition) is 2. The van der Waals surface area contributed by atoms with Crippen molar-refractivity contribution in [2.24, 2.45) is 0 Å². The van der Waals surface area contributed by atoms with E-state index < -0.39 is 0 Å². The summed E-state index contributed by atoms with van der Waals surface area (Å²) in [5.74, 6) is -0.346. The second-order valence-corrected chi connectivity index (χ2v) is 7.54. The lowest BCUT2D eigenvalue weighted by molar-refractivity contribution is 0.102. The Kier molecular flexibility index (Phi) is 5.58. The van der Waals surface area contributed by atoms with Gasteiger partial charge in [0.25, 0.3) is 5.91 Å². The zero-order chi connectivity index (χ0) is 20.4. The maximum atomic E-state index is 13.1. The van der Waals surface area contributed by atoms with Gasteiger partial charge in [0.05, 0.1) is 22.0 Å². The lowest BCUT2D eigenvalue weighted by atomic mass is 10.1. The van der Waals surface area contributed by atoms with Gasteiger partial charge in [-0.25, -0.2) is 4.68 Å². The molecule has 1 amide bonds. The minimum absolute atomic E-state index is 0.346. The quantitative estimate of drug-likeness (QED) is 0.380. The Morgan fingerprint density at radius 1 is 0.862 bits per heavy atom. The topological polar surface area (TPSA) is 46.9 Å². The Bertz CT molecular complexity index is 1170. The first-order chi connectivity index (χ1) is 14.0. The molecule has 3 aromatic carbocycles. The Hall–Kier alpha value is -2.79. The molecule has 0 bridgehead atoms. The molecule has 0 unspecified atom stereocenters. The molecule has 0 aliphatic carbocycles. The van der Waals surface area contributed by atoms with Crippen LogP contribution in [0, 0.1) is 0 Å². The predicted octanol–water partition coefficient (Wildman–Crippen LogP) is 6.75. The third-order valence-corrected chi connectivity index (χ3v) is 5.09. The molecule has 0 fully saturated rings. The van der Waals surface area contributed by atoms with Crippen LogP contribution in [0.3, 0.4) is 0 Å². The second-order valence-electron chi connectivity index (χ2n) is 6.26. The van der Waals surface area contributed by atoms with E-state index in [0.717, 1.165) is 11.3 Å². The van der Waals surface area contributed by atoms with Gasteiger partial charge in [-0.1, -0.05) is 65.1 Å². The van der Waals surface area contributed by atoms with Crippen molar-refractivity contribution in [1.29, 1.82) is 0 Å². The molecule has 0 atom stereocenters. The van der Waals surface area contributed by atoms with Crippen molar-refractivity contribution in [3.05, 3.63) is 99.6 Å². The van der Waals surface area contributed by atoms with Crippen molar-refractivity contribution in [1.82, 2.24) is 9.78 Å². The van der Waals surface area contributed by atoms with E-state index >= 15 is 0 Å². The van der Waals surface area contributed by atoms with Crippen LogP contribution in [0.1, 0.15) is 10.4 Å². The summed E-state index contributed by atoms with van der Waals surface area (Å²) in [4.78, 5) is 13.1. The third-order valence-electron chi connectivity index (χ3n) is 4.27. The molecule has 29 heavy (non-hydrogen) atoms. The molecule has 7 heteroatoms. The van der Waals surface area contributed by atoms with Crippen LogP contribution in [0.2, 0.25) is 15.1 Å². The van der Waals surface area contributed by atoms with E-state index in [1.165, 1.54) is 0 Å². The van der Waals surface area contributed by atoms with Gasteiger partial charge in [0.2, 0.25) is 0 Å². The zero-order valence-corrected chi connectivity index (χ0v) is 17.2. The van der Waals surface area contributed by atoms with Gasteiger partial charge in [-0.05, 0) is 42.5 Å². The number of anilines is 1. The summed E-state index contributed by atoms with van der Waals surface area (Å²) in [6.45, 7) is 0. The maximum Gasteiger partial charge on any atom is 0.259 e. The van der Waals surface area contributed by atoms with Gasteiger partial charge in [0.1, 0.15) is 5.69 Å². The molecule has 1 heterocycles. The number of carbonyl (C=O) groups excluding carboxylic acids is 1. The minimum atomic E-state index is -0.346. The van der Waals surface area contributed by atoms with Gasteiger partial charge in [-0.15, -0.1) is 0 Å². The number of aromatic nitrogens is 2. The molecule has 1 aromatic heterocycles. The van der Waals surface area contributed by atoms with Crippen molar-refractivity contribution in [3.8, 4) is 16.9 Å². The molecule has 0 aliphatic heterocycles. The molecular formula is C22H14Cl3N3O. The minimum Gasteiger partial charge on any atom is -0.320 e. The first kappa shape index (κ1) is 19.5. The molecule has 4 nitrogen and oxygen atoms in total. The van der Waals surface area contributed by atoms with E-state index in [1.54, 1.807) is 41.2 Å². The van der Waals surface area contributed by atoms with E-state index in [9.17, 15) is 4.79 Å². The molecule has 0 radical (unpaired) electrons. The first-order valence-electron chi connectivity index (χ1n) is 8.69. The second kappa shape index (κ2) is 8.29. The van der Waals surface area contributed by atoms with Crippen LogP contribution < -0.4 is 5.32 Å². The normalized spacial score (nSPS) is 10.7. The Morgan fingerprint density at radius 3 is 2.28 bits per heavy atom. The SMILES string of the molecule is O=C(Nc1cc(Cl)ccc1Cl)c1cn(-c2ccccc2)nc1-c1ccc(Cl)cc1. The fourth-order valence-electron chi connectivity index (χ4n) is 2.86. The zero-order valence-electron chi connectivity index (χ0n) is 14.9. The lowest BCUT2D eigenvalue weighted by Gasteiger charge is -2.08. The molecular weight excluding hydrogens is 429 g/mol. The van der Waals surface area contributed by atoms with Crippen LogP contribution in [0.25, 0.3) is 16.9 Å². The van der Waals surface area contributed by atoms with Gasteiger partial charge in [-0.2, -0.15) is 5.10 Å². The highest BCUT2D eigenvalue weighted by Crippen LogP contribution is 2.29. The molecule has 0 aliphatic rings. The fraction of sp³-hybridized carbons (Fsp3) is 0. The molecule has 144 valence electrons. The summed E-state index contributed by atoms with van der Waals surface area (Å²) in [5, 5.41) is 8.93. The van der Waals surface area contributed by atoms with Crippen molar-refractivity contribution in [3.63, 3.8) is 0 Å². The van der Waals surface area contributed by atoms with E-state index in [0.29, 0.717) is 32.0 Å². The molecule has 0 spiro atoms. The fourth-order valence-corrected chi connectivity index (χ4v) is 3.32. The van der Waals surface area contributed by atoms with Crippen LogP contribution in [0.15, 0.2) is 79.0 Å². The number of amides is 1. The number of nitrogens with one attached hydrogen (secondary N) is 1. The maximum absolute atomic E-state index is 13.1. The van der Waals surface area contributed by atoms with Crippen molar-refractivity contribution < 1.29 is 4.79 Å². The van der Waals surface area contributed by atoms with E-state index in [2.05, 4.69) is 10.4 Å². The summed E-state index contributed by atoms with van der Waals surface area (Å²) < 4.78 is 1.67. The number of benzene rings is 3. The van der Waals surface area contributed by atoms with Crippen molar-refractivity contribution in [2.75, 3.05) is 5.32 Å². The van der Waals surface area contributed by atoms with Crippen LogP contribution in [0.5, 0.6) is 0 Å². The Morgan fingerprint density at radius 2 is 1.55 bits per heavy atom. The summed E-state index contributed by atoms with van der Waals surface area (Å²) in [6.07, 6.45) is 1.69. The Balaban J connectivity index is 1.78. The van der Waals surface area contributed by atoms with Crippen LogP contribution in [-0.4, -0.2) is 15.7 Å². The standard InChI is InChI=1S/C22H14Cl3N3O/c23-15-8-6-14(7-9-15)21-18(13-28(27-21)17-4-2-1-3-5-17)22(29)26-20-12-16(24)10-11-19(20)25/h1-13H,(H,26,29). The van der Waals surface area contributed by atoms with E-state index in [-0.39, 0.29) is 5.91 Å². The van der Waals surface area contributed by atoms with Gasteiger partial charge in [0.15, 0.2) is 0 Å². The van der Waals surface area contributed by atoms with Crippen LogP contribution in [-0.2, 0) is 0 Å². The number of halogens is 3. The highest BCUT2D eigenvalue weighted by atomic mass is 35.5. The number of rotatable bonds is 4. The average Bonchev–Trinajstić information content (AvgIpc) is 3.17. The van der Waals surface area contributed by atoms with E-state index in [1.807, 2.05) is 42.5 Å². The van der Waals surface area contributed by atoms with E-state index in [4.69, 9.17) is 34.8 Å². The smallest absolute Gasteiger partial charge is 0.259 e. The third kappa shape index (κ3) is 4.30. The van der Waals surface area contributed by atoms with Crippen molar-refractivity contribution >= 4 is 46.4 Å². The summed E-state index contributed by atoms with van der Waals surface area (Å²) in [6, 6.07) is 21.6. The summed E-state index contributed by atoms with van der Waals surface area (Å²) >= 11 is 18.2. The van der Waals surface area contributed by atoms with Crippen LogP contribution in [0.4, 0.5) is 5.69 Å². The molecule has 4 rings (SSSR count). The number of carbonyl (C=O) groups is 1. The Labute approximate surface area is 182 Å². The summed E-state index contributed by atoms with van der Waals surface area (Å²) in [7, 11) is 0. The predicted molar refractivity (Wildman–Crippen MR) is 118 cm³/mol. The first-order valence-corrected chi connectivity index (χ1v) is 9.82. The average molecular weight is 443 g/mol. The number of hydrogen-bond donors (Lipinski definition) is 1. The monoisotopic (exact) mass is 441 g/mol. The van der Waals surface area contributed by atoms with Crippen molar-refractivity contribution in [2.45, 2.75) is 0 Å². The van der Waals surface area contributed by atoms with Gasteiger partial charge in [0, 0.05) is 21.8 Å². The number of para-hydroxylation sites is 1.